The molecule has 3 aromatic rings. The summed E-state index contributed by atoms with van der Waals surface area (Å²) in [6.45, 7) is 16.3. The predicted octanol–water partition coefficient (Wildman–Crippen LogP) is 6.16. The number of hydrogen-bond donors (Lipinski definition) is 1. The normalized spacial score (nSPS) is 12.2. The van der Waals surface area contributed by atoms with Crippen molar-refractivity contribution >= 4 is 28.6 Å². The van der Waals surface area contributed by atoms with Crippen LogP contribution < -0.4 is 0 Å². The molecule has 0 saturated carbocycles. The molecule has 1 aromatic heterocycles. The summed E-state index contributed by atoms with van der Waals surface area (Å²) in [6.07, 6.45) is 1.28. The monoisotopic (exact) mass is 469 g/mol. The lowest BCUT2D eigenvalue weighted by molar-refractivity contribution is -0.138. The van der Waals surface area contributed by atoms with Crippen molar-refractivity contribution in [1.82, 2.24) is 15.0 Å². The highest BCUT2D eigenvalue weighted by Gasteiger charge is 2.29. The van der Waals surface area contributed by atoms with Crippen LogP contribution in [0.1, 0.15) is 59.1 Å². The Morgan fingerprint density at radius 3 is 2.42 bits per heavy atom. The van der Waals surface area contributed by atoms with Gasteiger partial charge in [0.2, 0.25) is 0 Å². The van der Waals surface area contributed by atoms with Gasteiger partial charge in [-0.05, 0) is 59.6 Å². The summed E-state index contributed by atoms with van der Waals surface area (Å²) in [4.78, 5) is 13.2. The maximum Gasteiger partial charge on any atom is 0.333 e. The largest absolute Gasteiger partial charge is 0.505 e. The van der Waals surface area contributed by atoms with Gasteiger partial charge in [-0.15, -0.1) is 15.0 Å². The average Bonchev–Trinajstić information content (AvgIpc) is 3.09. The summed E-state index contributed by atoms with van der Waals surface area (Å²) in [5.74, 6) is -0.390. The van der Waals surface area contributed by atoms with Gasteiger partial charge in [-0.1, -0.05) is 58.9 Å². The fourth-order valence-corrected chi connectivity index (χ4v) is 4.38. The molecule has 6 nitrogen and oxygen atoms in total. The fourth-order valence-electron chi connectivity index (χ4n) is 4.21. The van der Waals surface area contributed by atoms with Crippen LogP contribution in [0.4, 0.5) is 0 Å². The van der Waals surface area contributed by atoms with Gasteiger partial charge < -0.3 is 9.84 Å². The lowest BCUT2D eigenvalue weighted by Crippen LogP contribution is -2.25. The molecule has 0 spiro atoms. The highest BCUT2D eigenvalue weighted by Crippen LogP contribution is 2.40. The van der Waals surface area contributed by atoms with Gasteiger partial charge >= 0.3 is 5.97 Å². The molecule has 0 fully saturated rings. The molecule has 0 aliphatic carbocycles. The van der Waals surface area contributed by atoms with Crippen LogP contribution in [0.25, 0.3) is 16.7 Å². The first kappa shape index (κ1) is 24.8. The second kappa shape index (κ2) is 9.18. The summed E-state index contributed by atoms with van der Waals surface area (Å²) >= 11 is 6.11. The van der Waals surface area contributed by atoms with Gasteiger partial charge in [0, 0.05) is 17.0 Å². The molecule has 0 amide bonds. The van der Waals surface area contributed by atoms with Gasteiger partial charge in [-0.3, -0.25) is 0 Å². The Labute approximate surface area is 200 Å². The number of nitrogens with zero attached hydrogens (tertiary/aromatic N) is 3. The van der Waals surface area contributed by atoms with Gasteiger partial charge in [0.25, 0.3) is 0 Å². The van der Waals surface area contributed by atoms with Crippen LogP contribution in [-0.4, -0.2) is 32.7 Å². The molecule has 0 bridgehead atoms. The Balaban J connectivity index is 2.08. The van der Waals surface area contributed by atoms with Crippen LogP contribution >= 0.6 is 11.6 Å². The quantitative estimate of drug-likeness (QED) is 0.331. The highest BCUT2D eigenvalue weighted by atomic mass is 35.5. The van der Waals surface area contributed by atoms with Crippen LogP contribution in [0.3, 0.4) is 0 Å². The van der Waals surface area contributed by atoms with Crippen LogP contribution in [0.15, 0.2) is 42.5 Å². The van der Waals surface area contributed by atoms with Crippen molar-refractivity contribution in [2.75, 3.05) is 6.61 Å². The van der Waals surface area contributed by atoms with Crippen molar-refractivity contribution < 1.29 is 14.6 Å². The van der Waals surface area contributed by atoms with Gasteiger partial charge in [0.15, 0.2) is 0 Å². The predicted molar refractivity (Wildman–Crippen MR) is 132 cm³/mol. The van der Waals surface area contributed by atoms with Crippen LogP contribution in [0.5, 0.6) is 5.75 Å². The van der Waals surface area contributed by atoms with E-state index in [1.807, 2.05) is 12.1 Å². The van der Waals surface area contributed by atoms with Crippen LogP contribution in [0.2, 0.25) is 5.02 Å². The van der Waals surface area contributed by atoms with E-state index < -0.39 is 5.97 Å². The zero-order chi connectivity index (χ0) is 24.6. The van der Waals surface area contributed by atoms with E-state index in [1.54, 1.807) is 25.1 Å². The number of rotatable bonds is 7. The lowest BCUT2D eigenvalue weighted by Gasteiger charge is -2.33. The number of aromatic nitrogens is 3. The fraction of sp³-hybridized carbons (Fsp3) is 0.423. The number of carbonyl (C=O) groups excluding carboxylic acids is 1. The van der Waals surface area contributed by atoms with E-state index in [4.69, 9.17) is 16.3 Å². The second-order valence-electron chi connectivity index (χ2n) is 10.4. The minimum atomic E-state index is -0.448. The SMILES string of the molecule is C=C(C)C(=O)OCCc1cc(C(C)(C)CC(C)(C)C)cc(-n2nc3ccc(Cl)cc3n2)c1O. The Morgan fingerprint density at radius 1 is 1.12 bits per heavy atom. The smallest absolute Gasteiger partial charge is 0.333 e. The summed E-state index contributed by atoms with van der Waals surface area (Å²) in [5, 5.41) is 20.8. The molecule has 7 heteroatoms. The molecule has 2 aromatic carbocycles. The summed E-state index contributed by atoms with van der Waals surface area (Å²) in [6, 6.07) is 9.21. The first-order chi connectivity index (χ1) is 15.3. The number of carbonyl (C=O) groups is 1. The van der Waals surface area contributed by atoms with E-state index in [0.717, 1.165) is 12.0 Å². The minimum Gasteiger partial charge on any atom is -0.505 e. The Hall–Kier alpha value is -2.86. The standard InChI is InChI=1S/C26H32ClN3O3/c1-16(2)24(32)33-11-10-17-12-18(26(6,7)15-25(3,4)5)13-22(23(17)31)30-28-20-9-8-19(27)14-21(20)29-30/h8-9,12-14,31H,1,10-11,15H2,2-7H3. The van der Waals surface area contributed by atoms with Gasteiger partial charge in [-0.2, -0.15) is 0 Å². The maximum atomic E-state index is 11.8. The topological polar surface area (TPSA) is 77.2 Å². The Kier molecular flexibility index (Phi) is 6.89. The van der Waals surface area contributed by atoms with Gasteiger partial charge in [-0.25, -0.2) is 4.79 Å². The van der Waals surface area contributed by atoms with Gasteiger partial charge in [0.1, 0.15) is 22.5 Å². The van der Waals surface area contributed by atoms with E-state index in [2.05, 4.69) is 51.4 Å². The lowest BCUT2D eigenvalue weighted by atomic mass is 9.72. The van der Waals surface area contributed by atoms with E-state index >= 15 is 0 Å². The minimum absolute atomic E-state index is 0.0584. The molecule has 1 heterocycles. The third kappa shape index (κ3) is 5.93. The number of phenols is 1. The number of ether oxygens (including phenoxy) is 1. The first-order valence-corrected chi connectivity index (χ1v) is 11.4. The van der Waals surface area contributed by atoms with E-state index in [1.165, 1.54) is 4.80 Å². The third-order valence-corrected chi connectivity index (χ3v) is 5.67. The van der Waals surface area contributed by atoms with Gasteiger partial charge in [0.05, 0.1) is 6.61 Å². The Bertz CT molecular complexity index is 1210. The van der Waals surface area contributed by atoms with Crippen molar-refractivity contribution in [3.63, 3.8) is 0 Å². The molecule has 33 heavy (non-hydrogen) atoms. The second-order valence-corrected chi connectivity index (χ2v) is 10.8. The average molecular weight is 470 g/mol. The molecule has 0 saturated heterocycles. The molecule has 1 N–H and O–H groups in total. The number of aromatic hydroxyl groups is 1. The first-order valence-electron chi connectivity index (χ1n) is 11.0. The number of esters is 1. The Morgan fingerprint density at radius 2 is 1.79 bits per heavy atom. The molecular formula is C26H32ClN3O3. The van der Waals surface area contributed by atoms with Crippen molar-refractivity contribution in [1.29, 1.82) is 0 Å². The summed E-state index contributed by atoms with van der Waals surface area (Å²) in [7, 11) is 0. The molecular weight excluding hydrogens is 438 g/mol. The number of fused-ring (bicyclic) bond motifs is 1. The highest BCUT2D eigenvalue weighted by molar-refractivity contribution is 6.31. The van der Waals surface area contributed by atoms with E-state index in [9.17, 15) is 9.90 Å². The summed E-state index contributed by atoms with van der Waals surface area (Å²) in [5.41, 5.74) is 3.76. The maximum absolute atomic E-state index is 11.8. The van der Waals surface area contributed by atoms with Crippen LogP contribution in [0, 0.1) is 5.41 Å². The summed E-state index contributed by atoms with van der Waals surface area (Å²) < 4.78 is 5.27. The molecule has 0 aliphatic rings. The molecule has 0 unspecified atom stereocenters. The van der Waals surface area contributed by atoms with Crippen molar-refractivity contribution in [2.45, 2.75) is 59.8 Å². The zero-order valence-electron chi connectivity index (χ0n) is 20.2. The zero-order valence-corrected chi connectivity index (χ0v) is 21.0. The molecule has 176 valence electrons. The molecule has 0 radical (unpaired) electrons. The third-order valence-electron chi connectivity index (χ3n) is 5.43. The van der Waals surface area contributed by atoms with Crippen molar-refractivity contribution in [2.24, 2.45) is 5.41 Å². The number of hydrogen-bond acceptors (Lipinski definition) is 5. The van der Waals surface area contributed by atoms with E-state index in [0.29, 0.717) is 39.3 Å². The molecule has 0 atom stereocenters. The molecule has 0 aliphatic heterocycles. The molecule has 3 rings (SSSR count). The van der Waals surface area contributed by atoms with Crippen LogP contribution in [-0.2, 0) is 21.4 Å². The van der Waals surface area contributed by atoms with Crippen molar-refractivity contribution in [3.05, 3.63) is 58.6 Å². The van der Waals surface area contributed by atoms with E-state index in [-0.39, 0.29) is 23.2 Å². The number of halogens is 1. The number of benzene rings is 2. The number of phenolic OH excluding ortho intramolecular Hbond substituents is 1. The van der Waals surface area contributed by atoms with Crippen molar-refractivity contribution in [3.8, 4) is 11.4 Å².